The van der Waals surface area contributed by atoms with Crippen LogP contribution in [0.25, 0.3) is 11.0 Å². The third kappa shape index (κ3) is 2.00. The van der Waals surface area contributed by atoms with Crippen molar-refractivity contribution in [1.29, 1.82) is 0 Å². The molecule has 3 aromatic rings. The Hall–Kier alpha value is -1.46. The molecule has 2 aromatic heterocycles. The number of hydrogen-bond acceptors (Lipinski definition) is 3. The Morgan fingerprint density at radius 1 is 1.39 bits per heavy atom. The molecule has 92 valence electrons. The van der Waals surface area contributed by atoms with E-state index in [0.29, 0.717) is 17.9 Å². The van der Waals surface area contributed by atoms with E-state index in [1.54, 1.807) is 22.9 Å². The van der Waals surface area contributed by atoms with Gasteiger partial charge < -0.3 is 4.57 Å². The molecule has 2 heterocycles. The van der Waals surface area contributed by atoms with Crippen LogP contribution >= 0.6 is 22.9 Å². The van der Waals surface area contributed by atoms with E-state index in [2.05, 4.69) is 9.97 Å². The van der Waals surface area contributed by atoms with Crippen LogP contribution in [-0.2, 0) is 12.4 Å². The zero-order chi connectivity index (χ0) is 12.5. The zero-order valence-corrected chi connectivity index (χ0v) is 10.9. The average molecular weight is 282 g/mol. The maximum absolute atomic E-state index is 13.2. The molecule has 3 rings (SSSR count). The molecule has 0 saturated carbocycles. The topological polar surface area (TPSA) is 30.7 Å². The maximum atomic E-state index is 13.2. The number of benzene rings is 1. The van der Waals surface area contributed by atoms with Crippen LogP contribution in [0.5, 0.6) is 0 Å². The van der Waals surface area contributed by atoms with Crippen LogP contribution < -0.4 is 0 Å². The molecule has 0 fully saturated rings. The van der Waals surface area contributed by atoms with Gasteiger partial charge in [0.1, 0.15) is 11.6 Å². The summed E-state index contributed by atoms with van der Waals surface area (Å²) in [4.78, 5) is 8.58. The van der Waals surface area contributed by atoms with Crippen LogP contribution in [0.15, 0.2) is 29.1 Å². The van der Waals surface area contributed by atoms with Crippen molar-refractivity contribution in [3.8, 4) is 0 Å². The van der Waals surface area contributed by atoms with Crippen molar-refractivity contribution in [1.82, 2.24) is 14.5 Å². The zero-order valence-electron chi connectivity index (χ0n) is 9.31. The molecule has 18 heavy (non-hydrogen) atoms. The second-order valence-corrected chi connectivity index (χ2v) is 4.85. The first-order chi connectivity index (χ1) is 8.78. The molecule has 0 radical (unpaired) electrons. The standard InChI is InChI=1S/C12H9ClFN3S/c13-4-12-16-10-3-8(14)1-2-11(10)17(12)5-9-6-18-7-15-9/h1-3,6-7H,4-5H2. The third-order valence-corrected chi connectivity index (χ3v) is 3.59. The van der Waals surface area contributed by atoms with Gasteiger partial charge in [0.2, 0.25) is 0 Å². The van der Waals surface area contributed by atoms with E-state index < -0.39 is 0 Å². The van der Waals surface area contributed by atoms with E-state index in [-0.39, 0.29) is 5.82 Å². The van der Waals surface area contributed by atoms with E-state index in [1.807, 2.05) is 9.95 Å². The Bertz CT molecular complexity index is 678. The normalized spacial score (nSPS) is 11.2. The fourth-order valence-electron chi connectivity index (χ4n) is 1.91. The number of thiazole rings is 1. The molecule has 0 aliphatic rings. The molecule has 0 unspecified atom stereocenters. The van der Waals surface area contributed by atoms with Gasteiger partial charge in [-0.3, -0.25) is 0 Å². The molecule has 6 heteroatoms. The highest BCUT2D eigenvalue weighted by Crippen LogP contribution is 2.20. The summed E-state index contributed by atoms with van der Waals surface area (Å²) >= 11 is 7.43. The van der Waals surface area contributed by atoms with E-state index in [1.165, 1.54) is 12.1 Å². The Kier molecular flexibility index (Phi) is 3.01. The van der Waals surface area contributed by atoms with Crippen molar-refractivity contribution >= 4 is 34.0 Å². The Labute approximate surface area is 112 Å². The SMILES string of the molecule is Fc1ccc2c(c1)nc(CCl)n2Cc1cscn1. The maximum Gasteiger partial charge on any atom is 0.125 e. The number of hydrogen-bond donors (Lipinski definition) is 0. The summed E-state index contributed by atoms with van der Waals surface area (Å²) in [6, 6.07) is 4.57. The van der Waals surface area contributed by atoms with E-state index in [9.17, 15) is 4.39 Å². The van der Waals surface area contributed by atoms with E-state index in [0.717, 1.165) is 17.0 Å². The van der Waals surface area contributed by atoms with Crippen molar-refractivity contribution < 1.29 is 4.39 Å². The van der Waals surface area contributed by atoms with Gasteiger partial charge in [0.15, 0.2) is 0 Å². The highest BCUT2D eigenvalue weighted by molar-refractivity contribution is 7.07. The van der Waals surface area contributed by atoms with Gasteiger partial charge in [0, 0.05) is 11.4 Å². The van der Waals surface area contributed by atoms with Gasteiger partial charge >= 0.3 is 0 Å². The number of aromatic nitrogens is 3. The number of fused-ring (bicyclic) bond motifs is 1. The van der Waals surface area contributed by atoms with Gasteiger partial charge in [-0.05, 0) is 12.1 Å². The predicted octanol–water partition coefficient (Wildman–Crippen LogP) is 3.42. The lowest BCUT2D eigenvalue weighted by Gasteiger charge is -2.05. The lowest BCUT2D eigenvalue weighted by molar-refractivity contribution is 0.629. The molecular formula is C12H9ClFN3S. The first kappa shape index (κ1) is 11.6. The number of nitrogens with zero attached hydrogens (tertiary/aromatic N) is 3. The molecule has 0 atom stereocenters. The molecule has 0 saturated heterocycles. The minimum Gasteiger partial charge on any atom is -0.321 e. The second kappa shape index (κ2) is 4.66. The van der Waals surface area contributed by atoms with Gasteiger partial charge in [-0.2, -0.15) is 0 Å². The molecule has 0 aliphatic heterocycles. The number of rotatable bonds is 3. The minimum absolute atomic E-state index is 0.290. The largest absolute Gasteiger partial charge is 0.321 e. The van der Waals surface area contributed by atoms with Crippen LogP contribution in [0.4, 0.5) is 4.39 Å². The van der Waals surface area contributed by atoms with Gasteiger partial charge in [-0.25, -0.2) is 14.4 Å². The van der Waals surface area contributed by atoms with Crippen molar-refractivity contribution in [3.63, 3.8) is 0 Å². The summed E-state index contributed by atoms with van der Waals surface area (Å²) in [5, 5.41) is 1.98. The van der Waals surface area contributed by atoms with Crippen molar-refractivity contribution in [2.45, 2.75) is 12.4 Å². The smallest absolute Gasteiger partial charge is 0.125 e. The molecule has 0 bridgehead atoms. The molecule has 0 aliphatic carbocycles. The van der Waals surface area contributed by atoms with Crippen LogP contribution in [-0.4, -0.2) is 14.5 Å². The monoisotopic (exact) mass is 281 g/mol. The van der Waals surface area contributed by atoms with Crippen molar-refractivity contribution in [3.05, 3.63) is 46.4 Å². The number of imidazole rings is 1. The quantitative estimate of drug-likeness (QED) is 0.689. The minimum atomic E-state index is -0.290. The molecule has 0 N–H and O–H groups in total. The molecule has 1 aromatic carbocycles. The Morgan fingerprint density at radius 3 is 3.00 bits per heavy atom. The number of halogens is 2. The van der Waals surface area contributed by atoms with Crippen LogP contribution in [0, 0.1) is 5.82 Å². The van der Waals surface area contributed by atoms with Crippen LogP contribution in [0.2, 0.25) is 0 Å². The van der Waals surface area contributed by atoms with Gasteiger partial charge in [0.25, 0.3) is 0 Å². The Balaban J connectivity index is 2.13. The lowest BCUT2D eigenvalue weighted by Crippen LogP contribution is -2.03. The fourth-order valence-corrected chi connectivity index (χ4v) is 2.66. The predicted molar refractivity (Wildman–Crippen MR) is 70.5 cm³/mol. The van der Waals surface area contributed by atoms with Gasteiger partial charge in [-0.1, -0.05) is 0 Å². The van der Waals surface area contributed by atoms with Crippen molar-refractivity contribution in [2.75, 3.05) is 0 Å². The number of alkyl halides is 1. The van der Waals surface area contributed by atoms with E-state index >= 15 is 0 Å². The summed E-state index contributed by atoms with van der Waals surface area (Å²) in [7, 11) is 0. The summed E-state index contributed by atoms with van der Waals surface area (Å²) in [6.45, 7) is 0.605. The van der Waals surface area contributed by atoms with Crippen LogP contribution in [0.3, 0.4) is 0 Å². The summed E-state index contributed by atoms with van der Waals surface area (Å²) < 4.78 is 15.1. The molecular weight excluding hydrogens is 273 g/mol. The summed E-state index contributed by atoms with van der Waals surface area (Å²) in [6.07, 6.45) is 0. The Morgan fingerprint density at radius 2 is 2.28 bits per heavy atom. The third-order valence-electron chi connectivity index (χ3n) is 2.71. The fraction of sp³-hybridized carbons (Fsp3) is 0.167. The van der Waals surface area contributed by atoms with Crippen molar-refractivity contribution in [2.24, 2.45) is 0 Å². The van der Waals surface area contributed by atoms with E-state index in [4.69, 9.17) is 11.6 Å². The van der Waals surface area contributed by atoms with Crippen LogP contribution in [0.1, 0.15) is 11.5 Å². The summed E-state index contributed by atoms with van der Waals surface area (Å²) in [5.74, 6) is 0.729. The molecule has 3 nitrogen and oxygen atoms in total. The second-order valence-electron chi connectivity index (χ2n) is 3.86. The van der Waals surface area contributed by atoms with Gasteiger partial charge in [-0.15, -0.1) is 22.9 Å². The first-order valence-electron chi connectivity index (χ1n) is 5.35. The first-order valence-corrected chi connectivity index (χ1v) is 6.83. The molecule has 0 spiro atoms. The van der Waals surface area contributed by atoms with Gasteiger partial charge in [0.05, 0.1) is 34.7 Å². The highest BCUT2D eigenvalue weighted by atomic mass is 35.5. The molecule has 0 amide bonds. The highest BCUT2D eigenvalue weighted by Gasteiger charge is 2.11. The lowest BCUT2D eigenvalue weighted by atomic mass is 10.3. The average Bonchev–Trinajstić information content (AvgIpc) is 2.97. The summed E-state index contributed by atoms with van der Waals surface area (Å²) in [5.41, 5.74) is 4.24.